The van der Waals surface area contributed by atoms with E-state index in [0.29, 0.717) is 5.56 Å². The van der Waals surface area contributed by atoms with E-state index in [4.69, 9.17) is 0 Å². The molecule has 0 saturated carbocycles. The number of alkyl halides is 2. The molecule has 0 fully saturated rings. The van der Waals surface area contributed by atoms with Crippen LogP contribution in [0.15, 0.2) is 30.3 Å². The minimum Gasteiger partial charge on any atom is -0.290 e. The Kier molecular flexibility index (Phi) is 4.31. The highest BCUT2D eigenvalue weighted by atomic mass is 79.9. The van der Waals surface area contributed by atoms with Crippen molar-refractivity contribution >= 4 is 47.5 Å². The minimum absolute atomic E-state index is 0.123. The summed E-state index contributed by atoms with van der Waals surface area (Å²) in [5.74, 6) is -0.642. The first kappa shape index (κ1) is 13.9. The van der Waals surface area contributed by atoms with Crippen molar-refractivity contribution in [2.24, 2.45) is 0 Å². The monoisotopic (exact) mass is 368 g/mol. The fourth-order valence-corrected chi connectivity index (χ4v) is 3.67. The van der Waals surface area contributed by atoms with Gasteiger partial charge in [0.05, 0.1) is 5.75 Å². The largest absolute Gasteiger partial charge is 0.290 e. The van der Waals surface area contributed by atoms with E-state index in [1.165, 1.54) is 6.92 Å². The fraction of sp³-hybridized carbons (Fsp3) is 0.300. The van der Waals surface area contributed by atoms with E-state index in [1.807, 2.05) is 0 Å². The van der Waals surface area contributed by atoms with Gasteiger partial charge in [-0.2, -0.15) is 0 Å². The third-order valence-electron chi connectivity index (χ3n) is 2.07. The molecular formula is C10H10Br2O3S. The van der Waals surface area contributed by atoms with Crippen molar-refractivity contribution in [3.8, 4) is 0 Å². The fourth-order valence-electron chi connectivity index (χ4n) is 1.08. The van der Waals surface area contributed by atoms with Gasteiger partial charge in [0, 0.05) is 5.56 Å². The minimum atomic E-state index is -3.56. The van der Waals surface area contributed by atoms with Crippen LogP contribution in [0.2, 0.25) is 0 Å². The molecule has 1 rings (SSSR count). The van der Waals surface area contributed by atoms with Crippen molar-refractivity contribution in [2.45, 2.75) is 9.49 Å². The van der Waals surface area contributed by atoms with Crippen LogP contribution in [0.1, 0.15) is 17.3 Å². The number of halogens is 2. The lowest BCUT2D eigenvalue weighted by atomic mass is 10.1. The highest BCUT2D eigenvalue weighted by molar-refractivity contribution is 9.28. The van der Waals surface area contributed by atoms with Crippen LogP contribution in [0.25, 0.3) is 0 Å². The van der Waals surface area contributed by atoms with Gasteiger partial charge in [0.25, 0.3) is 0 Å². The maximum Gasteiger partial charge on any atom is 0.243 e. The maximum absolute atomic E-state index is 12.0. The van der Waals surface area contributed by atoms with Crippen LogP contribution in [0.3, 0.4) is 0 Å². The van der Waals surface area contributed by atoms with Gasteiger partial charge in [-0.3, -0.25) is 4.79 Å². The van der Waals surface area contributed by atoms with E-state index in [1.54, 1.807) is 30.3 Å². The lowest BCUT2D eigenvalue weighted by molar-refractivity contribution is 0.100. The summed E-state index contributed by atoms with van der Waals surface area (Å²) < 4.78 is 21.7. The summed E-state index contributed by atoms with van der Waals surface area (Å²) in [6, 6.07) is 8.27. The molecule has 0 aliphatic heterocycles. The third-order valence-corrected chi connectivity index (χ3v) is 7.48. The quantitative estimate of drug-likeness (QED) is 0.605. The lowest BCUT2D eigenvalue weighted by Crippen LogP contribution is -2.35. The van der Waals surface area contributed by atoms with E-state index in [-0.39, 0.29) is 5.75 Å². The average molecular weight is 370 g/mol. The normalized spacial score (nSPS) is 12.4. The van der Waals surface area contributed by atoms with Gasteiger partial charge in [-0.1, -0.05) is 37.3 Å². The molecule has 0 atom stereocenters. The Morgan fingerprint density at radius 3 is 2.19 bits per heavy atom. The number of hydrogen-bond acceptors (Lipinski definition) is 3. The number of sulfone groups is 1. The van der Waals surface area contributed by atoms with Crippen LogP contribution in [0.4, 0.5) is 0 Å². The van der Waals surface area contributed by atoms with E-state index in [9.17, 15) is 13.2 Å². The average Bonchev–Trinajstić information content (AvgIpc) is 2.29. The van der Waals surface area contributed by atoms with Crippen LogP contribution in [-0.2, 0) is 9.84 Å². The molecule has 1 aromatic rings. The van der Waals surface area contributed by atoms with Crippen LogP contribution < -0.4 is 0 Å². The molecule has 0 saturated heterocycles. The molecule has 0 spiro atoms. The molecule has 0 bridgehead atoms. The van der Waals surface area contributed by atoms with Crippen LogP contribution in [-0.4, -0.2) is 22.5 Å². The Morgan fingerprint density at radius 2 is 1.75 bits per heavy atom. The smallest absolute Gasteiger partial charge is 0.243 e. The number of carbonyl (C=O) groups excluding carboxylic acids is 1. The Balaban J connectivity index is 3.17. The van der Waals surface area contributed by atoms with Gasteiger partial charge in [-0.15, -0.1) is 0 Å². The molecule has 0 aliphatic rings. The third kappa shape index (κ3) is 2.55. The van der Waals surface area contributed by atoms with E-state index in [2.05, 4.69) is 31.9 Å². The predicted octanol–water partition coefficient (Wildman–Crippen LogP) is 2.75. The summed E-state index contributed by atoms with van der Waals surface area (Å²) in [6.45, 7) is 1.49. The molecule has 0 unspecified atom stereocenters. The van der Waals surface area contributed by atoms with Crippen molar-refractivity contribution in [1.29, 1.82) is 0 Å². The molecule has 0 radical (unpaired) electrons. The summed E-state index contributed by atoms with van der Waals surface area (Å²) in [6.07, 6.45) is 0. The number of rotatable bonds is 4. The first-order chi connectivity index (χ1) is 7.33. The second kappa shape index (κ2) is 4.98. The SMILES string of the molecule is CCS(=O)(=O)C(Br)(Br)C(=O)c1ccccc1. The van der Waals surface area contributed by atoms with Crippen molar-refractivity contribution < 1.29 is 13.2 Å². The van der Waals surface area contributed by atoms with Gasteiger partial charge in [0.15, 0.2) is 9.84 Å². The van der Waals surface area contributed by atoms with Crippen molar-refractivity contribution in [3.63, 3.8) is 0 Å². The molecule has 1 aromatic carbocycles. The molecule has 0 N–H and O–H groups in total. The Morgan fingerprint density at radius 1 is 1.25 bits per heavy atom. The number of ketones is 1. The maximum atomic E-state index is 12.0. The lowest BCUT2D eigenvalue weighted by Gasteiger charge is -2.18. The summed E-state index contributed by atoms with van der Waals surface area (Å²) in [7, 11) is -3.56. The summed E-state index contributed by atoms with van der Waals surface area (Å²) in [5.41, 5.74) is 0.341. The Labute approximate surface area is 111 Å². The number of benzene rings is 1. The van der Waals surface area contributed by atoms with Crippen molar-refractivity contribution in [3.05, 3.63) is 35.9 Å². The first-order valence-electron chi connectivity index (χ1n) is 4.53. The zero-order valence-electron chi connectivity index (χ0n) is 8.48. The molecule has 0 heterocycles. The number of hydrogen-bond donors (Lipinski definition) is 0. The highest BCUT2D eigenvalue weighted by Crippen LogP contribution is 2.36. The molecule has 3 nitrogen and oxygen atoms in total. The van der Waals surface area contributed by atoms with Crippen molar-refractivity contribution in [1.82, 2.24) is 0 Å². The highest BCUT2D eigenvalue weighted by Gasteiger charge is 2.45. The molecule has 0 amide bonds. The van der Waals surface area contributed by atoms with Gasteiger partial charge in [0.2, 0.25) is 8.35 Å². The molecule has 6 heteroatoms. The zero-order valence-corrected chi connectivity index (χ0v) is 12.5. The van der Waals surface area contributed by atoms with Crippen LogP contribution >= 0.6 is 31.9 Å². The Bertz CT molecular complexity index is 480. The van der Waals surface area contributed by atoms with Gasteiger partial charge in [-0.05, 0) is 31.9 Å². The van der Waals surface area contributed by atoms with Crippen molar-refractivity contribution in [2.75, 3.05) is 5.75 Å². The number of carbonyl (C=O) groups is 1. The second-order valence-electron chi connectivity index (χ2n) is 3.12. The molecule has 88 valence electrons. The zero-order chi connectivity index (χ0) is 12.4. The van der Waals surface area contributed by atoms with Gasteiger partial charge < -0.3 is 0 Å². The van der Waals surface area contributed by atoms with Gasteiger partial charge in [-0.25, -0.2) is 8.42 Å². The second-order valence-corrected chi connectivity index (χ2v) is 10.0. The summed E-state index contributed by atoms with van der Waals surface area (Å²) in [4.78, 5) is 12.0. The van der Waals surface area contributed by atoms with Crippen LogP contribution in [0.5, 0.6) is 0 Å². The van der Waals surface area contributed by atoms with Crippen LogP contribution in [0, 0.1) is 0 Å². The number of Topliss-reactive ketones (excluding diaryl/α,β-unsaturated/α-hetero) is 1. The topological polar surface area (TPSA) is 51.2 Å². The predicted molar refractivity (Wildman–Crippen MR) is 70.8 cm³/mol. The first-order valence-corrected chi connectivity index (χ1v) is 7.76. The van der Waals surface area contributed by atoms with Gasteiger partial charge >= 0.3 is 0 Å². The van der Waals surface area contributed by atoms with Gasteiger partial charge in [0.1, 0.15) is 0 Å². The van der Waals surface area contributed by atoms with E-state index in [0.717, 1.165) is 0 Å². The molecule has 0 aromatic heterocycles. The Hall–Kier alpha value is -0.200. The molecule has 0 aliphatic carbocycles. The van der Waals surface area contributed by atoms with E-state index >= 15 is 0 Å². The summed E-state index contributed by atoms with van der Waals surface area (Å²) >= 11 is 5.89. The molecule has 16 heavy (non-hydrogen) atoms. The standard InChI is InChI=1S/C10H10Br2O3S/c1-2-16(14,15)10(11,12)9(13)8-6-4-3-5-7-8/h3-7H,2H2,1H3. The van der Waals surface area contributed by atoms with E-state index < -0.39 is 18.2 Å². The summed E-state index contributed by atoms with van der Waals surface area (Å²) in [5, 5.41) is 0. The molecular weight excluding hydrogens is 360 g/mol.